The minimum Gasteiger partial charge on any atom is -0.469 e. The fourth-order valence-electron chi connectivity index (χ4n) is 1.92. The molecular formula is C20H38O11. The molecular weight excluding hydrogens is 416 g/mol. The first-order valence-corrected chi connectivity index (χ1v) is 10.4. The summed E-state index contributed by atoms with van der Waals surface area (Å²) in [4.78, 5) is 21.4. The Morgan fingerprint density at radius 2 is 0.774 bits per heavy atom. The normalized spacial score (nSPS) is 10.9. The molecule has 0 spiro atoms. The van der Waals surface area contributed by atoms with Crippen LogP contribution in [0.2, 0.25) is 0 Å². The van der Waals surface area contributed by atoms with Crippen LogP contribution in [0.4, 0.5) is 0 Å². The standard InChI is InChI=1S/C20H38O11/c1-19(21)31-18-17-30-16-15-29-14-13-28-12-11-27-10-9-26-8-7-25-6-5-24-4-3-20(22)23-2/h3-18H2,1-2H3. The lowest BCUT2D eigenvalue weighted by atomic mass is 10.5. The van der Waals surface area contributed by atoms with Gasteiger partial charge in [-0.3, -0.25) is 9.59 Å². The van der Waals surface area contributed by atoms with Crippen LogP contribution in [-0.4, -0.2) is 118 Å². The van der Waals surface area contributed by atoms with Crippen molar-refractivity contribution in [2.24, 2.45) is 0 Å². The highest BCUT2D eigenvalue weighted by Crippen LogP contribution is 1.88. The second-order valence-electron chi connectivity index (χ2n) is 5.95. The van der Waals surface area contributed by atoms with Crippen molar-refractivity contribution in [3.8, 4) is 0 Å². The van der Waals surface area contributed by atoms with Crippen LogP contribution in [0.1, 0.15) is 13.3 Å². The number of ether oxygens (including phenoxy) is 9. The van der Waals surface area contributed by atoms with E-state index in [2.05, 4.69) is 4.74 Å². The predicted molar refractivity (Wildman–Crippen MR) is 109 cm³/mol. The summed E-state index contributed by atoms with van der Waals surface area (Å²) in [7, 11) is 1.35. The zero-order valence-electron chi connectivity index (χ0n) is 18.8. The van der Waals surface area contributed by atoms with E-state index in [9.17, 15) is 9.59 Å². The molecule has 0 aromatic rings. The number of methoxy groups -OCH3 is 1. The van der Waals surface area contributed by atoms with E-state index in [1.54, 1.807) is 0 Å². The molecule has 0 rings (SSSR count). The van der Waals surface area contributed by atoms with Crippen LogP contribution in [0.3, 0.4) is 0 Å². The molecule has 0 N–H and O–H groups in total. The highest BCUT2D eigenvalue weighted by molar-refractivity contribution is 5.69. The van der Waals surface area contributed by atoms with Gasteiger partial charge in [0.1, 0.15) is 6.61 Å². The van der Waals surface area contributed by atoms with Crippen LogP contribution in [0.5, 0.6) is 0 Å². The zero-order chi connectivity index (χ0) is 22.8. The zero-order valence-corrected chi connectivity index (χ0v) is 18.8. The number of hydrogen-bond acceptors (Lipinski definition) is 11. The Morgan fingerprint density at radius 3 is 1.06 bits per heavy atom. The summed E-state index contributed by atoms with van der Waals surface area (Å²) in [6.45, 7) is 7.95. The molecule has 0 aromatic carbocycles. The molecule has 0 aliphatic heterocycles. The van der Waals surface area contributed by atoms with Gasteiger partial charge in [-0.25, -0.2) is 0 Å². The predicted octanol–water partition coefficient (Wildman–Crippen LogP) is 0.229. The van der Waals surface area contributed by atoms with Crippen molar-refractivity contribution in [3.05, 3.63) is 0 Å². The van der Waals surface area contributed by atoms with Crippen molar-refractivity contribution in [2.45, 2.75) is 13.3 Å². The van der Waals surface area contributed by atoms with Crippen LogP contribution in [0, 0.1) is 0 Å². The summed E-state index contributed by atoms with van der Waals surface area (Å²) < 4.78 is 46.5. The maximum atomic E-state index is 10.9. The Kier molecular flexibility index (Phi) is 23.8. The summed E-state index contributed by atoms with van der Waals surface area (Å²) >= 11 is 0. The molecule has 0 atom stereocenters. The highest BCUT2D eigenvalue weighted by Gasteiger charge is 1.99. The van der Waals surface area contributed by atoms with Crippen molar-refractivity contribution in [3.63, 3.8) is 0 Å². The van der Waals surface area contributed by atoms with Gasteiger partial charge >= 0.3 is 11.9 Å². The van der Waals surface area contributed by atoms with Gasteiger partial charge in [0, 0.05) is 6.92 Å². The van der Waals surface area contributed by atoms with Crippen LogP contribution in [-0.2, 0) is 52.2 Å². The molecule has 0 aromatic heterocycles. The Hall–Kier alpha value is -1.34. The Morgan fingerprint density at radius 1 is 0.484 bits per heavy atom. The van der Waals surface area contributed by atoms with E-state index in [-0.39, 0.29) is 25.0 Å². The molecule has 31 heavy (non-hydrogen) atoms. The molecule has 0 bridgehead atoms. The largest absolute Gasteiger partial charge is 0.469 e. The fraction of sp³-hybridized carbons (Fsp3) is 0.900. The lowest BCUT2D eigenvalue weighted by molar-refractivity contribution is -0.143. The Labute approximate surface area is 184 Å². The third kappa shape index (κ3) is 26.6. The molecule has 0 heterocycles. The van der Waals surface area contributed by atoms with E-state index in [1.807, 2.05) is 0 Å². The van der Waals surface area contributed by atoms with Crippen molar-refractivity contribution in [2.75, 3.05) is 106 Å². The number of esters is 2. The van der Waals surface area contributed by atoms with E-state index in [4.69, 9.17) is 37.9 Å². The summed E-state index contributed by atoms with van der Waals surface area (Å²) in [5.74, 6) is -0.600. The fourth-order valence-corrected chi connectivity index (χ4v) is 1.92. The molecule has 0 aliphatic carbocycles. The lowest BCUT2D eigenvalue weighted by Gasteiger charge is -2.08. The van der Waals surface area contributed by atoms with Crippen LogP contribution in [0.15, 0.2) is 0 Å². The SMILES string of the molecule is COC(=O)CCOCCOCCOCCOCCOCCOCCOCCOC(C)=O. The summed E-state index contributed by atoms with van der Waals surface area (Å²) in [5, 5.41) is 0. The van der Waals surface area contributed by atoms with Gasteiger partial charge in [0.15, 0.2) is 0 Å². The number of hydrogen-bond donors (Lipinski definition) is 0. The summed E-state index contributed by atoms with van der Waals surface area (Å²) in [6.07, 6.45) is 0.245. The smallest absolute Gasteiger partial charge is 0.307 e. The minimum atomic E-state index is -0.313. The molecule has 11 nitrogen and oxygen atoms in total. The number of carbonyl (C=O) groups is 2. The van der Waals surface area contributed by atoms with E-state index < -0.39 is 0 Å². The van der Waals surface area contributed by atoms with Gasteiger partial charge in [0.25, 0.3) is 0 Å². The van der Waals surface area contributed by atoms with Crippen molar-refractivity contribution in [1.82, 2.24) is 0 Å². The van der Waals surface area contributed by atoms with Crippen LogP contribution < -0.4 is 0 Å². The maximum Gasteiger partial charge on any atom is 0.307 e. The second kappa shape index (κ2) is 24.9. The third-order valence-electron chi connectivity index (χ3n) is 3.44. The van der Waals surface area contributed by atoms with Gasteiger partial charge in [0.05, 0.1) is 106 Å². The molecule has 184 valence electrons. The first-order chi connectivity index (χ1) is 15.2. The minimum absolute atomic E-state index is 0.245. The summed E-state index contributed by atoms with van der Waals surface area (Å²) in [6, 6.07) is 0. The molecule has 0 saturated heterocycles. The third-order valence-corrected chi connectivity index (χ3v) is 3.44. The van der Waals surface area contributed by atoms with Gasteiger partial charge in [-0.1, -0.05) is 0 Å². The van der Waals surface area contributed by atoms with Crippen molar-refractivity contribution >= 4 is 11.9 Å². The first kappa shape index (κ1) is 29.7. The van der Waals surface area contributed by atoms with Crippen molar-refractivity contribution in [1.29, 1.82) is 0 Å². The molecule has 0 amide bonds. The van der Waals surface area contributed by atoms with E-state index in [0.29, 0.717) is 92.5 Å². The first-order valence-electron chi connectivity index (χ1n) is 10.4. The average molecular weight is 455 g/mol. The number of rotatable bonds is 24. The molecule has 11 heteroatoms. The van der Waals surface area contributed by atoms with Gasteiger partial charge < -0.3 is 42.6 Å². The van der Waals surface area contributed by atoms with Gasteiger partial charge in [0.2, 0.25) is 0 Å². The monoisotopic (exact) mass is 454 g/mol. The Bertz CT molecular complexity index is 407. The molecule has 0 radical (unpaired) electrons. The molecule has 0 saturated carbocycles. The van der Waals surface area contributed by atoms with Crippen LogP contribution in [0.25, 0.3) is 0 Å². The average Bonchev–Trinajstić information content (AvgIpc) is 2.76. The van der Waals surface area contributed by atoms with Gasteiger partial charge in [-0.15, -0.1) is 0 Å². The van der Waals surface area contributed by atoms with Crippen LogP contribution >= 0.6 is 0 Å². The summed E-state index contributed by atoms with van der Waals surface area (Å²) in [5.41, 5.74) is 0. The second-order valence-corrected chi connectivity index (χ2v) is 5.95. The topological polar surface area (TPSA) is 117 Å². The molecule has 0 fully saturated rings. The lowest BCUT2D eigenvalue weighted by Crippen LogP contribution is -2.15. The molecule has 0 unspecified atom stereocenters. The van der Waals surface area contributed by atoms with E-state index in [0.717, 1.165) is 0 Å². The number of carbonyl (C=O) groups excluding carboxylic acids is 2. The van der Waals surface area contributed by atoms with Gasteiger partial charge in [-0.05, 0) is 0 Å². The van der Waals surface area contributed by atoms with E-state index in [1.165, 1.54) is 14.0 Å². The van der Waals surface area contributed by atoms with Gasteiger partial charge in [-0.2, -0.15) is 0 Å². The highest BCUT2D eigenvalue weighted by atomic mass is 16.6. The van der Waals surface area contributed by atoms with Crippen molar-refractivity contribution < 1.29 is 52.2 Å². The molecule has 0 aliphatic rings. The maximum absolute atomic E-state index is 10.9. The van der Waals surface area contributed by atoms with E-state index >= 15 is 0 Å². The quantitative estimate of drug-likeness (QED) is 0.147. The Balaban J connectivity index is 3.03.